The number of benzene rings is 1. The van der Waals surface area contributed by atoms with E-state index in [1.165, 1.54) is 0 Å². The number of carbonyl (C=O) groups is 1. The molecule has 4 heteroatoms. The lowest BCUT2D eigenvalue weighted by Crippen LogP contribution is -2.17. The van der Waals surface area contributed by atoms with Gasteiger partial charge in [0.1, 0.15) is 0 Å². The standard InChI is InChI=1S/C10H12BNO2/c1-2-9(11)12-8-5-3-7(4-6-8)10(13)14/h3-6,9,12H,2H2,1H3,(H,13,14). The largest absolute Gasteiger partial charge is 0.478 e. The van der Waals surface area contributed by atoms with Gasteiger partial charge >= 0.3 is 5.97 Å². The average molecular weight is 189 g/mol. The Labute approximate surface area is 84.5 Å². The van der Waals surface area contributed by atoms with E-state index >= 15 is 0 Å². The normalized spacial score (nSPS) is 12.1. The Kier molecular flexibility index (Phi) is 3.57. The predicted molar refractivity (Wildman–Crippen MR) is 56.9 cm³/mol. The lowest BCUT2D eigenvalue weighted by Gasteiger charge is -2.13. The fraction of sp³-hybridized carbons (Fsp3) is 0.300. The summed E-state index contributed by atoms with van der Waals surface area (Å²) in [6.45, 7) is 1.98. The zero-order valence-corrected chi connectivity index (χ0v) is 8.03. The van der Waals surface area contributed by atoms with Gasteiger partial charge in [0, 0.05) is 5.69 Å². The van der Waals surface area contributed by atoms with Gasteiger partial charge in [0.2, 0.25) is 0 Å². The molecule has 0 amide bonds. The van der Waals surface area contributed by atoms with Crippen LogP contribution in [0.25, 0.3) is 0 Å². The van der Waals surface area contributed by atoms with Crippen molar-refractivity contribution in [3.63, 3.8) is 0 Å². The van der Waals surface area contributed by atoms with Crippen molar-refractivity contribution in [2.24, 2.45) is 0 Å². The van der Waals surface area contributed by atoms with Crippen LogP contribution in [0.5, 0.6) is 0 Å². The van der Waals surface area contributed by atoms with Gasteiger partial charge in [0.05, 0.1) is 13.4 Å². The van der Waals surface area contributed by atoms with E-state index in [-0.39, 0.29) is 11.5 Å². The molecule has 0 aliphatic rings. The first kappa shape index (κ1) is 10.6. The van der Waals surface area contributed by atoms with Crippen LogP contribution in [0.1, 0.15) is 23.7 Å². The van der Waals surface area contributed by atoms with E-state index < -0.39 is 5.97 Å². The van der Waals surface area contributed by atoms with Crippen LogP contribution in [-0.2, 0) is 0 Å². The summed E-state index contributed by atoms with van der Waals surface area (Å²) in [5, 5.41) is 11.7. The molecule has 2 radical (unpaired) electrons. The molecule has 0 spiro atoms. The van der Waals surface area contributed by atoms with Crippen LogP contribution in [0.4, 0.5) is 5.69 Å². The van der Waals surface area contributed by atoms with E-state index in [9.17, 15) is 4.79 Å². The highest BCUT2D eigenvalue weighted by atomic mass is 16.4. The molecule has 1 unspecified atom stereocenters. The third-order valence-corrected chi connectivity index (χ3v) is 1.92. The molecule has 1 aromatic rings. The van der Waals surface area contributed by atoms with Crippen LogP contribution in [-0.4, -0.2) is 24.9 Å². The Balaban J connectivity index is 2.68. The van der Waals surface area contributed by atoms with E-state index in [1.54, 1.807) is 24.3 Å². The van der Waals surface area contributed by atoms with Gasteiger partial charge in [0.25, 0.3) is 0 Å². The summed E-state index contributed by atoms with van der Waals surface area (Å²) in [7, 11) is 5.68. The number of rotatable bonds is 4. The molecular weight excluding hydrogens is 177 g/mol. The van der Waals surface area contributed by atoms with E-state index in [0.29, 0.717) is 0 Å². The molecule has 0 aliphatic carbocycles. The summed E-state index contributed by atoms with van der Waals surface area (Å²) in [5.74, 6) is -1.01. The van der Waals surface area contributed by atoms with Crippen molar-refractivity contribution >= 4 is 19.5 Å². The van der Waals surface area contributed by atoms with Crippen molar-refractivity contribution in [3.05, 3.63) is 29.8 Å². The number of carboxylic acids is 1. The Bertz CT molecular complexity index is 310. The maximum atomic E-state index is 10.5. The van der Waals surface area contributed by atoms with Crippen molar-refractivity contribution in [2.45, 2.75) is 19.3 Å². The van der Waals surface area contributed by atoms with Gasteiger partial charge in [-0.1, -0.05) is 6.92 Å². The van der Waals surface area contributed by atoms with Crippen LogP contribution in [0.3, 0.4) is 0 Å². The maximum absolute atomic E-state index is 10.5. The Morgan fingerprint density at radius 3 is 2.50 bits per heavy atom. The maximum Gasteiger partial charge on any atom is 0.335 e. The van der Waals surface area contributed by atoms with E-state index in [1.807, 2.05) is 6.92 Å². The van der Waals surface area contributed by atoms with Crippen molar-refractivity contribution in [2.75, 3.05) is 5.32 Å². The second-order valence-corrected chi connectivity index (χ2v) is 3.04. The highest BCUT2D eigenvalue weighted by Crippen LogP contribution is 2.10. The summed E-state index contributed by atoms with van der Waals surface area (Å²) >= 11 is 0. The molecule has 72 valence electrons. The van der Waals surface area contributed by atoms with Crippen LogP contribution >= 0.6 is 0 Å². The third kappa shape index (κ3) is 2.80. The zero-order valence-electron chi connectivity index (χ0n) is 8.03. The minimum absolute atomic E-state index is 0.0920. The topological polar surface area (TPSA) is 49.3 Å². The minimum Gasteiger partial charge on any atom is -0.478 e. The Morgan fingerprint density at radius 2 is 2.07 bits per heavy atom. The smallest absolute Gasteiger partial charge is 0.335 e. The number of nitrogens with one attached hydrogen (secondary N) is 1. The highest BCUT2D eigenvalue weighted by molar-refractivity contribution is 6.13. The van der Waals surface area contributed by atoms with E-state index in [4.69, 9.17) is 13.0 Å². The number of aromatic carboxylic acids is 1. The summed E-state index contributed by atoms with van der Waals surface area (Å²) in [6.07, 6.45) is 0.820. The average Bonchev–Trinajstić information content (AvgIpc) is 2.18. The Hall–Kier alpha value is -1.45. The monoisotopic (exact) mass is 189 g/mol. The summed E-state index contributed by atoms with van der Waals surface area (Å²) < 4.78 is 0. The number of carboxylic acid groups (broad SMARTS) is 1. The van der Waals surface area contributed by atoms with Crippen LogP contribution in [0.15, 0.2) is 24.3 Å². The molecule has 0 heterocycles. The number of anilines is 1. The van der Waals surface area contributed by atoms with Gasteiger partial charge < -0.3 is 10.4 Å². The molecule has 3 nitrogen and oxygen atoms in total. The molecule has 0 saturated heterocycles. The first-order valence-corrected chi connectivity index (χ1v) is 4.49. The van der Waals surface area contributed by atoms with Crippen LogP contribution in [0.2, 0.25) is 0 Å². The molecule has 0 saturated carbocycles. The molecule has 0 bridgehead atoms. The van der Waals surface area contributed by atoms with Crippen molar-refractivity contribution in [1.29, 1.82) is 0 Å². The second-order valence-electron chi connectivity index (χ2n) is 3.04. The molecule has 0 aromatic heterocycles. The summed E-state index contributed by atoms with van der Waals surface area (Å²) in [5.41, 5.74) is 1.12. The molecule has 1 aromatic carbocycles. The fourth-order valence-corrected chi connectivity index (χ4v) is 1.03. The molecule has 14 heavy (non-hydrogen) atoms. The van der Waals surface area contributed by atoms with Crippen LogP contribution < -0.4 is 5.32 Å². The zero-order chi connectivity index (χ0) is 10.6. The molecular formula is C10H12BNO2. The van der Waals surface area contributed by atoms with Crippen molar-refractivity contribution < 1.29 is 9.90 Å². The second kappa shape index (κ2) is 4.70. The van der Waals surface area contributed by atoms with Gasteiger partial charge in [-0.3, -0.25) is 0 Å². The van der Waals surface area contributed by atoms with Gasteiger partial charge in [0.15, 0.2) is 0 Å². The molecule has 1 rings (SSSR count). The molecule has 1 atom stereocenters. The van der Waals surface area contributed by atoms with E-state index in [0.717, 1.165) is 12.1 Å². The predicted octanol–water partition coefficient (Wildman–Crippen LogP) is 1.70. The van der Waals surface area contributed by atoms with Gasteiger partial charge in [-0.15, -0.1) is 0 Å². The molecule has 0 fully saturated rings. The van der Waals surface area contributed by atoms with Gasteiger partial charge in [-0.05, 0) is 36.6 Å². The first-order valence-electron chi connectivity index (χ1n) is 4.49. The third-order valence-electron chi connectivity index (χ3n) is 1.92. The summed E-state index contributed by atoms with van der Waals surface area (Å²) in [4.78, 5) is 10.5. The Morgan fingerprint density at radius 1 is 1.50 bits per heavy atom. The first-order chi connectivity index (χ1) is 6.63. The quantitative estimate of drug-likeness (QED) is 0.708. The van der Waals surface area contributed by atoms with Crippen molar-refractivity contribution in [3.8, 4) is 0 Å². The number of hydrogen-bond donors (Lipinski definition) is 2. The van der Waals surface area contributed by atoms with Crippen LogP contribution in [0, 0.1) is 0 Å². The van der Waals surface area contributed by atoms with Gasteiger partial charge in [-0.2, -0.15) is 0 Å². The fourth-order valence-electron chi connectivity index (χ4n) is 1.03. The van der Waals surface area contributed by atoms with Crippen molar-refractivity contribution in [1.82, 2.24) is 0 Å². The molecule has 0 aliphatic heterocycles. The van der Waals surface area contributed by atoms with Gasteiger partial charge in [-0.25, -0.2) is 4.79 Å². The summed E-state index contributed by atoms with van der Waals surface area (Å²) in [6, 6.07) is 6.51. The lowest BCUT2D eigenvalue weighted by molar-refractivity contribution is 0.0697. The lowest BCUT2D eigenvalue weighted by atomic mass is 9.94. The number of hydrogen-bond acceptors (Lipinski definition) is 2. The SMILES string of the molecule is [B]C(CC)Nc1ccc(C(=O)O)cc1. The highest BCUT2D eigenvalue weighted by Gasteiger charge is 2.02. The van der Waals surface area contributed by atoms with E-state index in [2.05, 4.69) is 5.32 Å². The minimum atomic E-state index is -0.920. The molecule has 2 N–H and O–H groups in total.